The molecule has 0 aliphatic rings. The van der Waals surface area contributed by atoms with E-state index in [9.17, 15) is 4.79 Å². The van der Waals surface area contributed by atoms with Gasteiger partial charge in [0.15, 0.2) is 0 Å². The SMILES string of the molecule is C[C@H](NC(=O)N(C)C)c1nc2cc(Cl)c(Cl)cc2[nH]1. The molecule has 1 heterocycles. The van der Waals surface area contributed by atoms with Crippen molar-refractivity contribution in [2.75, 3.05) is 14.1 Å². The third-order valence-corrected chi connectivity index (χ3v) is 3.42. The van der Waals surface area contributed by atoms with E-state index in [1.807, 2.05) is 6.92 Å². The predicted molar refractivity (Wildman–Crippen MR) is 76.7 cm³/mol. The molecule has 7 heteroatoms. The molecule has 5 nitrogen and oxygen atoms in total. The summed E-state index contributed by atoms with van der Waals surface area (Å²) in [5, 5.41) is 3.74. The molecule has 2 amide bonds. The van der Waals surface area contributed by atoms with E-state index in [4.69, 9.17) is 23.2 Å². The molecule has 19 heavy (non-hydrogen) atoms. The summed E-state index contributed by atoms with van der Waals surface area (Å²) in [7, 11) is 3.36. The Labute approximate surface area is 120 Å². The number of nitrogens with one attached hydrogen (secondary N) is 2. The van der Waals surface area contributed by atoms with Gasteiger partial charge >= 0.3 is 6.03 Å². The number of benzene rings is 1. The number of aromatic nitrogens is 2. The van der Waals surface area contributed by atoms with Gasteiger partial charge in [-0.25, -0.2) is 9.78 Å². The van der Waals surface area contributed by atoms with Crippen LogP contribution in [0, 0.1) is 0 Å². The third kappa shape index (κ3) is 2.93. The number of nitrogens with zero attached hydrogens (tertiary/aromatic N) is 2. The monoisotopic (exact) mass is 300 g/mol. The molecule has 0 spiro atoms. The lowest BCUT2D eigenvalue weighted by Gasteiger charge is -2.15. The molecule has 0 saturated heterocycles. The van der Waals surface area contributed by atoms with Crippen LogP contribution in [0.3, 0.4) is 0 Å². The van der Waals surface area contributed by atoms with E-state index in [2.05, 4.69) is 15.3 Å². The molecule has 1 aromatic heterocycles. The minimum Gasteiger partial charge on any atom is -0.340 e. The molecule has 0 unspecified atom stereocenters. The van der Waals surface area contributed by atoms with Crippen molar-refractivity contribution in [2.45, 2.75) is 13.0 Å². The van der Waals surface area contributed by atoms with Gasteiger partial charge in [0.2, 0.25) is 0 Å². The summed E-state index contributed by atoms with van der Waals surface area (Å²) >= 11 is 11.9. The number of imidazole rings is 1. The van der Waals surface area contributed by atoms with Gasteiger partial charge < -0.3 is 15.2 Å². The molecular formula is C12H14Cl2N4O. The van der Waals surface area contributed by atoms with Crippen LogP contribution < -0.4 is 5.32 Å². The molecule has 102 valence electrons. The fourth-order valence-electron chi connectivity index (χ4n) is 1.61. The maximum Gasteiger partial charge on any atom is 0.317 e. The van der Waals surface area contributed by atoms with E-state index in [1.165, 1.54) is 4.90 Å². The van der Waals surface area contributed by atoms with E-state index >= 15 is 0 Å². The van der Waals surface area contributed by atoms with Gasteiger partial charge in [-0.05, 0) is 19.1 Å². The number of fused-ring (bicyclic) bond motifs is 1. The Morgan fingerprint density at radius 3 is 2.63 bits per heavy atom. The number of aromatic amines is 1. The molecule has 0 saturated carbocycles. The van der Waals surface area contributed by atoms with Gasteiger partial charge in [-0.1, -0.05) is 23.2 Å². The Morgan fingerprint density at radius 2 is 2.00 bits per heavy atom. The molecule has 0 radical (unpaired) electrons. The van der Waals surface area contributed by atoms with Crippen LogP contribution in [0.5, 0.6) is 0 Å². The van der Waals surface area contributed by atoms with Crippen molar-refractivity contribution in [3.05, 3.63) is 28.0 Å². The van der Waals surface area contributed by atoms with Gasteiger partial charge in [-0.15, -0.1) is 0 Å². The molecule has 2 rings (SSSR count). The molecule has 1 atom stereocenters. The van der Waals surface area contributed by atoms with Crippen molar-refractivity contribution < 1.29 is 4.79 Å². The summed E-state index contributed by atoms with van der Waals surface area (Å²) < 4.78 is 0. The van der Waals surface area contributed by atoms with E-state index in [0.717, 1.165) is 11.0 Å². The second kappa shape index (κ2) is 5.27. The average Bonchev–Trinajstić information content (AvgIpc) is 2.72. The normalized spacial score (nSPS) is 12.5. The van der Waals surface area contributed by atoms with E-state index < -0.39 is 0 Å². The maximum atomic E-state index is 11.6. The van der Waals surface area contributed by atoms with Gasteiger partial charge in [0.1, 0.15) is 5.82 Å². The zero-order valence-corrected chi connectivity index (χ0v) is 12.3. The average molecular weight is 301 g/mol. The standard InChI is InChI=1S/C12H14Cl2N4O/c1-6(15-12(19)18(2)3)11-16-9-4-7(13)8(14)5-10(9)17-11/h4-6H,1-3H3,(H,15,19)(H,16,17)/t6-/m0/s1. The minimum atomic E-state index is -0.236. The highest BCUT2D eigenvalue weighted by atomic mass is 35.5. The van der Waals surface area contributed by atoms with Crippen LogP contribution in [-0.4, -0.2) is 35.0 Å². The van der Waals surface area contributed by atoms with Crippen LogP contribution in [0.2, 0.25) is 10.0 Å². The van der Waals surface area contributed by atoms with E-state index in [0.29, 0.717) is 15.9 Å². The van der Waals surface area contributed by atoms with Crippen molar-refractivity contribution in [1.82, 2.24) is 20.2 Å². The third-order valence-electron chi connectivity index (χ3n) is 2.70. The highest BCUT2D eigenvalue weighted by Crippen LogP contribution is 2.27. The van der Waals surface area contributed by atoms with Crippen LogP contribution >= 0.6 is 23.2 Å². The lowest BCUT2D eigenvalue weighted by atomic mass is 10.3. The zero-order chi connectivity index (χ0) is 14.2. The summed E-state index contributed by atoms with van der Waals surface area (Å²) in [5.41, 5.74) is 1.51. The zero-order valence-electron chi connectivity index (χ0n) is 10.8. The number of H-pyrrole nitrogens is 1. The van der Waals surface area contributed by atoms with Crippen molar-refractivity contribution in [3.8, 4) is 0 Å². The largest absolute Gasteiger partial charge is 0.340 e. The second-order valence-electron chi connectivity index (χ2n) is 4.47. The first-order valence-electron chi connectivity index (χ1n) is 5.71. The number of carbonyl (C=O) groups is 1. The molecule has 0 fully saturated rings. The molecule has 2 N–H and O–H groups in total. The first-order valence-corrected chi connectivity index (χ1v) is 6.46. The molecule has 1 aromatic carbocycles. The number of carbonyl (C=O) groups excluding carboxylic acids is 1. The predicted octanol–water partition coefficient (Wildman–Crippen LogP) is 3.20. The smallest absolute Gasteiger partial charge is 0.317 e. The highest BCUT2D eigenvalue weighted by molar-refractivity contribution is 6.42. The Morgan fingerprint density at radius 1 is 1.37 bits per heavy atom. The van der Waals surface area contributed by atoms with Crippen LogP contribution in [0.15, 0.2) is 12.1 Å². The Hall–Kier alpha value is -1.46. The van der Waals surface area contributed by atoms with Crippen molar-refractivity contribution in [2.24, 2.45) is 0 Å². The molecule has 0 bridgehead atoms. The lowest BCUT2D eigenvalue weighted by molar-refractivity contribution is 0.213. The van der Waals surface area contributed by atoms with Crippen molar-refractivity contribution in [3.63, 3.8) is 0 Å². The molecule has 2 aromatic rings. The van der Waals surface area contributed by atoms with Crippen LogP contribution in [0.4, 0.5) is 4.79 Å². The number of rotatable bonds is 2. The lowest BCUT2D eigenvalue weighted by Crippen LogP contribution is -2.36. The molecule has 0 aliphatic heterocycles. The summed E-state index contributed by atoms with van der Waals surface area (Å²) in [6.45, 7) is 1.85. The topological polar surface area (TPSA) is 61.0 Å². The van der Waals surface area contributed by atoms with Crippen LogP contribution in [0.1, 0.15) is 18.8 Å². The Bertz CT molecular complexity index is 584. The fourth-order valence-corrected chi connectivity index (χ4v) is 1.93. The number of amides is 2. The van der Waals surface area contributed by atoms with Gasteiger partial charge in [0, 0.05) is 14.1 Å². The highest BCUT2D eigenvalue weighted by Gasteiger charge is 2.15. The van der Waals surface area contributed by atoms with Crippen LogP contribution in [0.25, 0.3) is 11.0 Å². The van der Waals surface area contributed by atoms with Gasteiger partial charge in [0.25, 0.3) is 0 Å². The fraction of sp³-hybridized carbons (Fsp3) is 0.333. The number of hydrogen-bond acceptors (Lipinski definition) is 2. The first kappa shape index (κ1) is 14.0. The molecular weight excluding hydrogens is 287 g/mol. The van der Waals surface area contributed by atoms with Gasteiger partial charge in [-0.2, -0.15) is 0 Å². The maximum absolute atomic E-state index is 11.6. The Kier molecular flexibility index (Phi) is 3.87. The van der Waals surface area contributed by atoms with Crippen molar-refractivity contribution >= 4 is 40.3 Å². The second-order valence-corrected chi connectivity index (χ2v) is 5.29. The van der Waals surface area contributed by atoms with E-state index in [-0.39, 0.29) is 12.1 Å². The van der Waals surface area contributed by atoms with Gasteiger partial charge in [-0.3, -0.25) is 0 Å². The van der Waals surface area contributed by atoms with Crippen molar-refractivity contribution in [1.29, 1.82) is 0 Å². The van der Waals surface area contributed by atoms with Crippen LogP contribution in [-0.2, 0) is 0 Å². The number of halogens is 2. The summed E-state index contributed by atoms with van der Waals surface area (Å²) in [6, 6.07) is 3.00. The summed E-state index contributed by atoms with van der Waals surface area (Å²) in [5.74, 6) is 0.656. The number of hydrogen-bond donors (Lipinski definition) is 2. The minimum absolute atomic E-state index is 0.177. The summed E-state index contributed by atoms with van der Waals surface area (Å²) in [6.07, 6.45) is 0. The van der Waals surface area contributed by atoms with E-state index in [1.54, 1.807) is 26.2 Å². The molecule has 0 aliphatic carbocycles. The number of urea groups is 1. The summed E-state index contributed by atoms with van der Waals surface area (Å²) in [4.78, 5) is 20.6. The first-order chi connectivity index (χ1) is 8.88. The van der Waals surface area contributed by atoms with Gasteiger partial charge in [0.05, 0.1) is 27.1 Å². The Balaban J connectivity index is 2.28. The quantitative estimate of drug-likeness (QED) is 0.894.